The van der Waals surface area contributed by atoms with Gasteiger partial charge in [-0.15, -0.1) is 0 Å². The number of rotatable bonds is 5. The van der Waals surface area contributed by atoms with Gasteiger partial charge >= 0.3 is 0 Å². The number of carbonyl (C=O) groups is 2. The normalized spacial score (nSPS) is 17.2. The average Bonchev–Trinajstić information content (AvgIpc) is 3.10. The molecule has 0 saturated carbocycles. The van der Waals surface area contributed by atoms with E-state index >= 15 is 0 Å². The minimum Gasteiger partial charge on any atom is -0.502 e. The van der Waals surface area contributed by atoms with Crippen LogP contribution in [0.3, 0.4) is 0 Å². The van der Waals surface area contributed by atoms with E-state index in [0.29, 0.717) is 6.07 Å². The number of nitrogens with zero attached hydrogens (tertiary/aromatic N) is 3. The molecular weight excluding hydrogens is 426 g/mol. The van der Waals surface area contributed by atoms with Crippen molar-refractivity contribution < 1.29 is 28.2 Å². The number of halogens is 2. The second-order valence-electron chi connectivity index (χ2n) is 7.94. The van der Waals surface area contributed by atoms with Crippen LogP contribution in [0, 0.1) is 11.6 Å². The number of hydrogen-bond donors (Lipinski definition) is 2. The van der Waals surface area contributed by atoms with Gasteiger partial charge in [0.2, 0.25) is 5.43 Å². The van der Waals surface area contributed by atoms with Crippen molar-refractivity contribution in [3.8, 4) is 5.75 Å². The summed E-state index contributed by atoms with van der Waals surface area (Å²) >= 11 is 0. The average molecular weight is 448 g/mol. The van der Waals surface area contributed by atoms with Gasteiger partial charge in [0.05, 0.1) is 12.2 Å². The molecule has 0 fully saturated rings. The van der Waals surface area contributed by atoms with E-state index in [0.717, 1.165) is 6.07 Å². The Balaban J connectivity index is 1.78. The molecule has 3 heterocycles. The van der Waals surface area contributed by atoms with E-state index in [4.69, 9.17) is 4.74 Å². The van der Waals surface area contributed by atoms with Crippen LogP contribution in [0.1, 0.15) is 52.1 Å². The highest BCUT2D eigenvalue weighted by atomic mass is 19.1. The fourth-order valence-corrected chi connectivity index (χ4v) is 4.04. The van der Waals surface area contributed by atoms with Crippen molar-refractivity contribution in [2.24, 2.45) is 0 Å². The number of hydrogen-bond acceptors (Lipinski definition) is 6. The third-order valence-corrected chi connectivity index (χ3v) is 5.70. The Labute approximate surface area is 181 Å². The zero-order chi connectivity index (χ0) is 23.3. The van der Waals surface area contributed by atoms with E-state index in [1.54, 1.807) is 5.01 Å². The maximum Gasteiger partial charge on any atom is 0.278 e. The predicted octanol–water partition coefficient (Wildman–Crippen LogP) is 1.22. The molecule has 0 radical (unpaired) electrons. The lowest BCUT2D eigenvalue weighted by Crippen LogP contribution is -2.55. The largest absolute Gasteiger partial charge is 0.502 e. The number of amides is 2. The quantitative estimate of drug-likeness (QED) is 0.713. The Hall–Kier alpha value is -3.47. The van der Waals surface area contributed by atoms with Gasteiger partial charge in [-0.3, -0.25) is 19.4 Å². The van der Waals surface area contributed by atoms with Crippen molar-refractivity contribution in [1.82, 2.24) is 14.9 Å². The van der Waals surface area contributed by atoms with Crippen LogP contribution in [0.5, 0.6) is 5.75 Å². The molecule has 1 atom stereocenters. The Morgan fingerprint density at radius 3 is 2.66 bits per heavy atom. The molecule has 11 heteroatoms. The number of aromatic hydroxyl groups is 1. The summed E-state index contributed by atoms with van der Waals surface area (Å²) in [5.41, 5.74) is -1.49. The summed E-state index contributed by atoms with van der Waals surface area (Å²) in [6.45, 7) is 3.73. The molecule has 0 spiro atoms. The zero-order valence-electron chi connectivity index (χ0n) is 17.7. The predicted molar refractivity (Wildman–Crippen MR) is 109 cm³/mol. The Bertz CT molecular complexity index is 1180. The van der Waals surface area contributed by atoms with Crippen LogP contribution in [0.2, 0.25) is 0 Å². The van der Waals surface area contributed by atoms with E-state index in [9.17, 15) is 28.3 Å². The van der Waals surface area contributed by atoms with Gasteiger partial charge in [0.25, 0.3) is 11.8 Å². The number of aromatic nitrogens is 1. The highest BCUT2D eigenvalue weighted by molar-refractivity contribution is 6.00. The molecule has 32 heavy (non-hydrogen) atoms. The molecule has 1 aromatic carbocycles. The minimum atomic E-state index is -1.02. The number of ether oxygens (including phenoxy) is 1. The van der Waals surface area contributed by atoms with E-state index < -0.39 is 46.3 Å². The monoisotopic (exact) mass is 448 g/mol. The maximum absolute atomic E-state index is 13.9. The summed E-state index contributed by atoms with van der Waals surface area (Å²) in [4.78, 5) is 40.4. The molecule has 2 N–H and O–H groups in total. The van der Waals surface area contributed by atoms with Gasteiger partial charge in [0.15, 0.2) is 11.4 Å². The van der Waals surface area contributed by atoms with Gasteiger partial charge < -0.3 is 20.1 Å². The first-order valence-corrected chi connectivity index (χ1v) is 9.98. The summed E-state index contributed by atoms with van der Waals surface area (Å²) in [5.74, 6) is -3.86. The summed E-state index contributed by atoms with van der Waals surface area (Å²) in [6, 6.07) is 2.73. The molecule has 2 amide bonds. The fourth-order valence-electron chi connectivity index (χ4n) is 4.04. The zero-order valence-corrected chi connectivity index (χ0v) is 17.7. The van der Waals surface area contributed by atoms with Crippen LogP contribution in [-0.2, 0) is 11.3 Å². The first kappa shape index (κ1) is 21.8. The first-order chi connectivity index (χ1) is 15.1. The lowest BCUT2D eigenvalue weighted by molar-refractivity contribution is 0.0630. The summed E-state index contributed by atoms with van der Waals surface area (Å²) in [6.07, 6.45) is -0.717. The van der Waals surface area contributed by atoms with Crippen LogP contribution >= 0.6 is 0 Å². The first-order valence-electron chi connectivity index (χ1n) is 9.98. The minimum absolute atomic E-state index is 0.0196. The van der Waals surface area contributed by atoms with Crippen LogP contribution in [0.15, 0.2) is 23.0 Å². The Morgan fingerprint density at radius 2 is 2.03 bits per heavy atom. The van der Waals surface area contributed by atoms with Crippen LogP contribution in [0.25, 0.3) is 0 Å². The summed E-state index contributed by atoms with van der Waals surface area (Å²) in [7, 11) is 1.41. The van der Waals surface area contributed by atoms with Gasteiger partial charge in [-0.1, -0.05) is 6.07 Å². The molecule has 2 aromatic rings. The van der Waals surface area contributed by atoms with Crippen LogP contribution in [-0.4, -0.2) is 52.9 Å². The molecule has 1 aromatic heterocycles. The van der Waals surface area contributed by atoms with Crippen molar-refractivity contribution in [2.75, 3.05) is 25.3 Å². The fraction of sp³-hybridized carbons (Fsp3) is 0.381. The van der Waals surface area contributed by atoms with Gasteiger partial charge in [0.1, 0.15) is 30.0 Å². The van der Waals surface area contributed by atoms with E-state index in [1.165, 1.54) is 22.8 Å². The molecule has 170 valence electrons. The van der Waals surface area contributed by atoms with Gasteiger partial charge in [0, 0.05) is 31.3 Å². The van der Waals surface area contributed by atoms with E-state index in [-0.39, 0.29) is 42.8 Å². The molecule has 4 rings (SSSR count). The van der Waals surface area contributed by atoms with E-state index in [1.807, 2.05) is 13.8 Å². The second kappa shape index (κ2) is 7.90. The number of carbonyl (C=O) groups excluding carboxylic acids is 2. The van der Waals surface area contributed by atoms with Crippen molar-refractivity contribution in [2.45, 2.75) is 32.5 Å². The Kier molecular flexibility index (Phi) is 5.37. The topological polar surface area (TPSA) is 104 Å². The molecule has 0 saturated heterocycles. The third-order valence-electron chi connectivity index (χ3n) is 5.70. The number of nitrogens with one attached hydrogen (secondary N) is 1. The number of methoxy groups -OCH3 is 1. The molecular formula is C21H22F2N4O5. The molecule has 2 aliphatic rings. The second-order valence-corrected chi connectivity index (χ2v) is 7.94. The van der Waals surface area contributed by atoms with Crippen molar-refractivity contribution in [1.29, 1.82) is 0 Å². The lowest BCUT2D eigenvalue weighted by Gasteiger charge is -2.39. The van der Waals surface area contributed by atoms with Crippen molar-refractivity contribution >= 4 is 11.8 Å². The Morgan fingerprint density at radius 1 is 1.31 bits per heavy atom. The molecule has 2 aliphatic heterocycles. The van der Waals surface area contributed by atoms with Crippen molar-refractivity contribution in [3.05, 3.63) is 62.6 Å². The lowest BCUT2D eigenvalue weighted by atomic mass is 10.1. The molecule has 9 nitrogen and oxygen atoms in total. The van der Waals surface area contributed by atoms with Gasteiger partial charge in [-0.25, -0.2) is 13.5 Å². The van der Waals surface area contributed by atoms with Crippen LogP contribution < -0.4 is 15.8 Å². The standard InChI is InChI=1S/C21H22F2N4O5/c1-10(2)26-9-25-8-14(32-3)16-15(18(28)19(29)17(21(26)31)27(16)25)20(30)24-7-11-4-5-12(22)6-13(11)23/h4-6,10,14,29H,7-9H2,1-3H3,(H,24,30). The SMILES string of the molecule is COC1CN2CN(C(C)C)C(=O)c3c(O)c(=O)c(C(=O)NCc4ccc(F)cc4F)c1n32. The summed E-state index contributed by atoms with van der Waals surface area (Å²) < 4.78 is 33.9. The molecule has 0 aliphatic carbocycles. The highest BCUT2D eigenvalue weighted by Crippen LogP contribution is 2.35. The number of benzene rings is 1. The highest BCUT2D eigenvalue weighted by Gasteiger charge is 2.44. The third kappa shape index (κ3) is 3.29. The van der Waals surface area contributed by atoms with Gasteiger partial charge in [-0.2, -0.15) is 0 Å². The summed E-state index contributed by atoms with van der Waals surface area (Å²) in [5, 5.41) is 14.7. The van der Waals surface area contributed by atoms with Crippen molar-refractivity contribution in [3.63, 3.8) is 0 Å². The number of pyridine rings is 1. The maximum atomic E-state index is 13.9. The van der Waals surface area contributed by atoms with Gasteiger partial charge in [-0.05, 0) is 19.9 Å². The van der Waals surface area contributed by atoms with Crippen LogP contribution in [0.4, 0.5) is 8.78 Å². The molecule has 0 bridgehead atoms. The molecule has 1 unspecified atom stereocenters. The van der Waals surface area contributed by atoms with E-state index in [2.05, 4.69) is 5.32 Å². The smallest absolute Gasteiger partial charge is 0.278 e.